The summed E-state index contributed by atoms with van der Waals surface area (Å²) in [6.07, 6.45) is 0.717. The van der Waals surface area contributed by atoms with Crippen LogP contribution in [0.2, 0.25) is 0 Å². The maximum absolute atomic E-state index is 13.7. The molecule has 1 aliphatic heterocycles. The first-order valence-corrected chi connectivity index (χ1v) is 9.26. The Hall–Kier alpha value is -2.31. The number of piperazine rings is 1. The van der Waals surface area contributed by atoms with E-state index >= 15 is 0 Å². The summed E-state index contributed by atoms with van der Waals surface area (Å²) in [6, 6.07) is 14.1. The second-order valence-corrected chi connectivity index (χ2v) is 6.93. The predicted molar refractivity (Wildman–Crippen MR) is 102 cm³/mol. The van der Waals surface area contributed by atoms with E-state index in [1.807, 2.05) is 18.2 Å². The van der Waals surface area contributed by atoms with Gasteiger partial charge in [0.2, 0.25) is 0 Å². The molecule has 1 heterocycles. The Morgan fingerprint density at radius 2 is 1.78 bits per heavy atom. The molecule has 6 heteroatoms. The number of hydrogen-bond acceptors (Lipinski definition) is 3. The first kappa shape index (κ1) is 19.5. The van der Waals surface area contributed by atoms with E-state index in [-0.39, 0.29) is 0 Å². The highest BCUT2D eigenvalue weighted by molar-refractivity contribution is 5.94. The maximum Gasteiger partial charge on any atom is 0.257 e. The van der Waals surface area contributed by atoms with Crippen LogP contribution in [-0.2, 0) is 0 Å². The minimum absolute atomic E-state index is 0.310. The van der Waals surface area contributed by atoms with Crippen molar-refractivity contribution in [1.29, 1.82) is 0 Å². The van der Waals surface area contributed by atoms with Crippen LogP contribution in [0.15, 0.2) is 48.5 Å². The molecule has 1 fully saturated rings. The van der Waals surface area contributed by atoms with Crippen molar-refractivity contribution in [2.45, 2.75) is 12.5 Å². The van der Waals surface area contributed by atoms with Crippen molar-refractivity contribution in [2.24, 2.45) is 0 Å². The molecule has 0 aromatic heterocycles. The first-order valence-electron chi connectivity index (χ1n) is 9.26. The van der Waals surface area contributed by atoms with Crippen LogP contribution in [0, 0.1) is 11.6 Å². The van der Waals surface area contributed by atoms with E-state index < -0.39 is 23.1 Å². The number of benzene rings is 2. The lowest BCUT2D eigenvalue weighted by Gasteiger charge is -2.40. The number of carbonyl (C=O) groups is 1. The average Bonchev–Trinajstić information content (AvgIpc) is 2.66. The molecule has 0 aliphatic carbocycles. The average molecular weight is 373 g/mol. The number of nitrogens with zero attached hydrogens (tertiary/aromatic N) is 2. The third kappa shape index (κ3) is 4.90. The van der Waals surface area contributed by atoms with Gasteiger partial charge < -0.3 is 10.2 Å². The van der Waals surface area contributed by atoms with Gasteiger partial charge in [-0.3, -0.25) is 9.69 Å². The molecule has 2 aromatic carbocycles. The highest BCUT2D eigenvalue weighted by Gasteiger charge is 2.26. The van der Waals surface area contributed by atoms with E-state index in [1.54, 1.807) is 0 Å². The van der Waals surface area contributed by atoms with E-state index in [1.165, 1.54) is 11.6 Å². The fourth-order valence-corrected chi connectivity index (χ4v) is 3.50. The van der Waals surface area contributed by atoms with Crippen LogP contribution in [0.25, 0.3) is 0 Å². The van der Waals surface area contributed by atoms with Crippen LogP contribution >= 0.6 is 0 Å². The normalized spacial score (nSPS) is 18.4. The zero-order valence-electron chi connectivity index (χ0n) is 15.5. The van der Waals surface area contributed by atoms with Gasteiger partial charge in [-0.15, -0.1) is 0 Å². The SMILES string of the molecule is CN1CCN(CCCNC(=O)c2c(F)cccc2F)[C@H](c2ccccc2)C1. The van der Waals surface area contributed by atoms with Crippen LogP contribution in [0.1, 0.15) is 28.4 Å². The van der Waals surface area contributed by atoms with Gasteiger partial charge in [-0.25, -0.2) is 8.78 Å². The standard InChI is InChI=1S/C21H25F2N3O/c1-25-13-14-26(19(15-25)16-7-3-2-4-8-16)12-6-11-24-21(27)20-17(22)9-5-10-18(20)23/h2-5,7-10,19H,6,11-15H2,1H3,(H,24,27)/t19-/m0/s1. The Balaban J connectivity index is 1.54. The van der Waals surface area contributed by atoms with Crippen molar-refractivity contribution >= 4 is 5.91 Å². The zero-order valence-corrected chi connectivity index (χ0v) is 15.5. The molecular formula is C21H25F2N3O. The molecule has 0 unspecified atom stereocenters. The maximum atomic E-state index is 13.7. The van der Waals surface area contributed by atoms with Crippen molar-refractivity contribution in [3.63, 3.8) is 0 Å². The van der Waals surface area contributed by atoms with Crippen LogP contribution in [-0.4, -0.2) is 55.5 Å². The molecule has 144 valence electrons. The molecule has 27 heavy (non-hydrogen) atoms. The molecule has 4 nitrogen and oxygen atoms in total. The molecule has 0 radical (unpaired) electrons. The van der Waals surface area contributed by atoms with E-state index in [0.717, 1.165) is 44.7 Å². The highest BCUT2D eigenvalue weighted by atomic mass is 19.1. The second-order valence-electron chi connectivity index (χ2n) is 6.93. The lowest BCUT2D eigenvalue weighted by molar-refractivity contribution is 0.0863. The van der Waals surface area contributed by atoms with Crippen LogP contribution < -0.4 is 5.32 Å². The number of halogens is 2. The summed E-state index contributed by atoms with van der Waals surface area (Å²) < 4.78 is 27.3. The Morgan fingerprint density at radius 3 is 2.48 bits per heavy atom. The Bertz CT molecular complexity index is 749. The molecule has 2 aromatic rings. The minimum Gasteiger partial charge on any atom is -0.352 e. The summed E-state index contributed by atoms with van der Waals surface area (Å²) in [6.45, 7) is 4.09. The van der Waals surface area contributed by atoms with Crippen molar-refractivity contribution < 1.29 is 13.6 Å². The fourth-order valence-electron chi connectivity index (χ4n) is 3.50. The van der Waals surface area contributed by atoms with Gasteiger partial charge in [0.25, 0.3) is 5.91 Å². The van der Waals surface area contributed by atoms with Crippen LogP contribution in [0.5, 0.6) is 0 Å². The molecule has 1 atom stereocenters. The van der Waals surface area contributed by atoms with Gasteiger partial charge >= 0.3 is 0 Å². The number of hydrogen-bond donors (Lipinski definition) is 1. The quantitative estimate of drug-likeness (QED) is 0.791. The molecule has 1 aliphatic rings. The van der Waals surface area contributed by atoms with E-state index in [4.69, 9.17) is 0 Å². The Kier molecular flexibility index (Phi) is 6.53. The predicted octanol–water partition coefficient (Wildman–Crippen LogP) is 3.07. The topological polar surface area (TPSA) is 35.6 Å². The van der Waals surface area contributed by atoms with Gasteiger partial charge in [-0.1, -0.05) is 36.4 Å². The van der Waals surface area contributed by atoms with Gasteiger partial charge in [-0.2, -0.15) is 0 Å². The minimum atomic E-state index is -0.837. The molecule has 1 amide bonds. The van der Waals surface area contributed by atoms with E-state index in [0.29, 0.717) is 12.6 Å². The highest BCUT2D eigenvalue weighted by Crippen LogP contribution is 2.24. The number of nitrogens with one attached hydrogen (secondary N) is 1. The molecule has 0 spiro atoms. The smallest absolute Gasteiger partial charge is 0.257 e. The summed E-state index contributed by atoms with van der Waals surface area (Å²) >= 11 is 0. The van der Waals surface area contributed by atoms with Gasteiger partial charge in [-0.05, 0) is 31.2 Å². The van der Waals surface area contributed by atoms with E-state index in [2.05, 4.69) is 34.3 Å². The van der Waals surface area contributed by atoms with Crippen molar-refractivity contribution in [3.05, 3.63) is 71.3 Å². The Morgan fingerprint density at radius 1 is 1.07 bits per heavy atom. The van der Waals surface area contributed by atoms with Crippen LogP contribution in [0.4, 0.5) is 8.78 Å². The van der Waals surface area contributed by atoms with Gasteiger partial charge in [0.05, 0.1) is 0 Å². The molecule has 3 rings (SSSR count). The molecule has 1 saturated heterocycles. The zero-order chi connectivity index (χ0) is 19.2. The third-order valence-corrected chi connectivity index (χ3v) is 4.98. The molecule has 0 saturated carbocycles. The number of carbonyl (C=O) groups excluding carboxylic acids is 1. The summed E-state index contributed by atoms with van der Waals surface area (Å²) in [5.41, 5.74) is 0.765. The van der Waals surface area contributed by atoms with Crippen molar-refractivity contribution in [2.75, 3.05) is 39.8 Å². The lowest BCUT2D eigenvalue weighted by atomic mass is 10.0. The van der Waals surface area contributed by atoms with E-state index in [9.17, 15) is 13.6 Å². The third-order valence-electron chi connectivity index (χ3n) is 4.98. The molecular weight excluding hydrogens is 348 g/mol. The van der Waals surface area contributed by atoms with Crippen molar-refractivity contribution in [3.8, 4) is 0 Å². The van der Waals surface area contributed by atoms with Gasteiger partial charge in [0, 0.05) is 38.8 Å². The number of likely N-dealkylation sites (N-methyl/N-ethyl adjacent to an activating group) is 1. The van der Waals surface area contributed by atoms with Gasteiger partial charge in [0.15, 0.2) is 0 Å². The lowest BCUT2D eigenvalue weighted by Crippen LogP contribution is -2.47. The number of amides is 1. The van der Waals surface area contributed by atoms with Crippen molar-refractivity contribution in [1.82, 2.24) is 15.1 Å². The largest absolute Gasteiger partial charge is 0.352 e. The summed E-state index contributed by atoms with van der Waals surface area (Å²) in [7, 11) is 2.12. The molecule has 1 N–H and O–H groups in total. The Labute approximate surface area is 158 Å². The second kappa shape index (κ2) is 9.06. The summed E-state index contributed by atoms with van der Waals surface area (Å²) in [4.78, 5) is 16.8. The monoisotopic (exact) mass is 373 g/mol. The number of rotatable bonds is 6. The molecule has 0 bridgehead atoms. The first-order chi connectivity index (χ1) is 13.1. The summed E-state index contributed by atoms with van der Waals surface area (Å²) in [5, 5.41) is 2.63. The summed E-state index contributed by atoms with van der Waals surface area (Å²) in [5.74, 6) is -2.38. The fraction of sp³-hybridized carbons (Fsp3) is 0.381. The van der Waals surface area contributed by atoms with Gasteiger partial charge in [0.1, 0.15) is 17.2 Å². The van der Waals surface area contributed by atoms with Crippen LogP contribution in [0.3, 0.4) is 0 Å².